The minimum Gasteiger partial charge on any atom is -0.390 e. The molecule has 16 heavy (non-hydrogen) atoms. The average Bonchev–Trinajstić information content (AvgIpc) is 2.85. The molecule has 1 aliphatic carbocycles. The van der Waals surface area contributed by atoms with E-state index in [1.165, 1.54) is 11.1 Å². The van der Waals surface area contributed by atoms with E-state index in [2.05, 4.69) is 24.3 Å². The van der Waals surface area contributed by atoms with Crippen LogP contribution >= 0.6 is 0 Å². The van der Waals surface area contributed by atoms with E-state index in [-0.39, 0.29) is 5.54 Å². The van der Waals surface area contributed by atoms with E-state index in [1.54, 1.807) is 0 Å². The molecule has 0 radical (unpaired) electrons. The van der Waals surface area contributed by atoms with Crippen LogP contribution in [-0.4, -0.2) is 16.2 Å². The van der Waals surface area contributed by atoms with Gasteiger partial charge >= 0.3 is 0 Å². The van der Waals surface area contributed by atoms with Crippen molar-refractivity contribution in [2.75, 3.05) is 0 Å². The van der Waals surface area contributed by atoms with E-state index in [9.17, 15) is 5.11 Å². The topological polar surface area (TPSA) is 46.2 Å². The Hall–Kier alpha value is -0.860. The van der Waals surface area contributed by atoms with Crippen molar-refractivity contribution >= 4 is 0 Å². The molecule has 1 saturated carbocycles. The first-order chi connectivity index (χ1) is 7.36. The van der Waals surface area contributed by atoms with E-state index in [4.69, 9.17) is 5.73 Å². The summed E-state index contributed by atoms with van der Waals surface area (Å²) in [7, 11) is 0. The molecule has 0 aliphatic heterocycles. The van der Waals surface area contributed by atoms with Gasteiger partial charge in [-0.05, 0) is 44.2 Å². The van der Waals surface area contributed by atoms with Crippen LogP contribution in [0.1, 0.15) is 37.8 Å². The maximum Gasteiger partial charge on any atom is 0.0690 e. The lowest BCUT2D eigenvalue weighted by Crippen LogP contribution is -2.34. The van der Waals surface area contributed by atoms with Crippen molar-refractivity contribution in [3.05, 3.63) is 35.4 Å². The van der Waals surface area contributed by atoms with Crippen LogP contribution in [0.2, 0.25) is 0 Å². The minimum absolute atomic E-state index is 0.157. The molecular formula is C14H21NO. The van der Waals surface area contributed by atoms with Gasteiger partial charge in [0.25, 0.3) is 0 Å². The Bertz CT molecular complexity index is 331. The predicted octanol–water partition coefficient (Wildman–Crippen LogP) is 2.03. The maximum absolute atomic E-state index is 9.82. The summed E-state index contributed by atoms with van der Waals surface area (Å²) >= 11 is 0. The van der Waals surface area contributed by atoms with Gasteiger partial charge in [0.05, 0.1) is 5.60 Å². The molecule has 1 aliphatic rings. The van der Waals surface area contributed by atoms with Crippen LogP contribution < -0.4 is 5.73 Å². The second-order valence-electron chi connectivity index (χ2n) is 5.88. The van der Waals surface area contributed by atoms with Gasteiger partial charge in [0.15, 0.2) is 0 Å². The molecule has 1 aromatic rings. The number of aliphatic hydroxyl groups is 1. The molecular weight excluding hydrogens is 198 g/mol. The van der Waals surface area contributed by atoms with Crippen molar-refractivity contribution in [2.24, 2.45) is 5.73 Å². The second-order valence-corrected chi connectivity index (χ2v) is 5.88. The number of benzene rings is 1. The van der Waals surface area contributed by atoms with Gasteiger partial charge < -0.3 is 10.8 Å². The summed E-state index contributed by atoms with van der Waals surface area (Å²) in [4.78, 5) is 0. The van der Waals surface area contributed by atoms with Crippen LogP contribution in [0.15, 0.2) is 24.3 Å². The van der Waals surface area contributed by atoms with Crippen LogP contribution in [-0.2, 0) is 12.8 Å². The second kappa shape index (κ2) is 3.86. The summed E-state index contributed by atoms with van der Waals surface area (Å²) in [5.74, 6) is 0. The summed E-state index contributed by atoms with van der Waals surface area (Å²) in [6.07, 6.45) is 3.58. The monoisotopic (exact) mass is 219 g/mol. The fourth-order valence-electron chi connectivity index (χ4n) is 2.00. The smallest absolute Gasteiger partial charge is 0.0690 e. The number of hydrogen-bond acceptors (Lipinski definition) is 2. The summed E-state index contributed by atoms with van der Waals surface area (Å²) in [5.41, 5.74) is 7.91. The van der Waals surface area contributed by atoms with Gasteiger partial charge in [-0.15, -0.1) is 0 Å². The molecule has 2 nitrogen and oxygen atoms in total. The van der Waals surface area contributed by atoms with E-state index in [1.807, 2.05) is 13.8 Å². The first kappa shape index (κ1) is 11.6. The summed E-state index contributed by atoms with van der Waals surface area (Å²) in [5, 5.41) is 9.82. The largest absolute Gasteiger partial charge is 0.390 e. The highest BCUT2D eigenvalue weighted by atomic mass is 16.3. The van der Waals surface area contributed by atoms with Gasteiger partial charge in [-0.1, -0.05) is 24.3 Å². The average molecular weight is 219 g/mol. The van der Waals surface area contributed by atoms with E-state index < -0.39 is 5.60 Å². The van der Waals surface area contributed by atoms with Gasteiger partial charge in [0.1, 0.15) is 0 Å². The number of rotatable bonds is 4. The lowest BCUT2D eigenvalue weighted by Gasteiger charge is -2.18. The zero-order chi connectivity index (χ0) is 11.8. The molecule has 3 N–H and O–H groups in total. The lowest BCUT2D eigenvalue weighted by molar-refractivity contribution is 0.151. The zero-order valence-electron chi connectivity index (χ0n) is 10.2. The van der Waals surface area contributed by atoms with Gasteiger partial charge in [-0.25, -0.2) is 0 Å². The van der Waals surface area contributed by atoms with Gasteiger partial charge in [-0.3, -0.25) is 0 Å². The standard InChI is InChI=1S/C14H21NO/c1-13(2,15)9-11-3-5-12(6-4-11)10-14(16)7-8-14/h3-6,16H,7-10,15H2,1-2H3. The van der Waals surface area contributed by atoms with Crippen LogP contribution in [0.5, 0.6) is 0 Å². The van der Waals surface area contributed by atoms with Crippen molar-refractivity contribution in [3.63, 3.8) is 0 Å². The predicted molar refractivity (Wildman–Crippen MR) is 66.3 cm³/mol. The highest BCUT2D eigenvalue weighted by Crippen LogP contribution is 2.38. The molecule has 0 aromatic heterocycles. The quantitative estimate of drug-likeness (QED) is 0.814. The van der Waals surface area contributed by atoms with Crippen molar-refractivity contribution in [3.8, 4) is 0 Å². The zero-order valence-corrected chi connectivity index (χ0v) is 10.2. The van der Waals surface area contributed by atoms with E-state index in [0.29, 0.717) is 0 Å². The Kier molecular flexibility index (Phi) is 2.81. The fraction of sp³-hybridized carbons (Fsp3) is 0.571. The first-order valence-corrected chi connectivity index (χ1v) is 5.95. The van der Waals surface area contributed by atoms with Crippen molar-refractivity contribution in [2.45, 2.75) is 50.7 Å². The van der Waals surface area contributed by atoms with E-state index in [0.717, 1.165) is 25.7 Å². The fourth-order valence-corrected chi connectivity index (χ4v) is 2.00. The molecule has 1 fully saturated rings. The van der Waals surface area contributed by atoms with Crippen molar-refractivity contribution in [1.82, 2.24) is 0 Å². The Labute approximate surface area is 97.5 Å². The maximum atomic E-state index is 9.82. The first-order valence-electron chi connectivity index (χ1n) is 5.95. The molecule has 0 amide bonds. The summed E-state index contributed by atoms with van der Waals surface area (Å²) in [6.45, 7) is 4.07. The van der Waals surface area contributed by atoms with Crippen molar-refractivity contribution < 1.29 is 5.11 Å². The third-order valence-electron chi connectivity index (χ3n) is 3.04. The normalized spacial score (nSPS) is 18.5. The number of nitrogens with two attached hydrogens (primary N) is 1. The van der Waals surface area contributed by atoms with E-state index >= 15 is 0 Å². The molecule has 88 valence electrons. The molecule has 0 atom stereocenters. The third-order valence-corrected chi connectivity index (χ3v) is 3.04. The molecule has 0 spiro atoms. The third kappa shape index (κ3) is 3.32. The Morgan fingerprint density at radius 2 is 1.69 bits per heavy atom. The Morgan fingerprint density at radius 1 is 1.19 bits per heavy atom. The number of hydrogen-bond donors (Lipinski definition) is 2. The molecule has 0 saturated heterocycles. The SMILES string of the molecule is CC(C)(N)Cc1ccc(CC2(O)CC2)cc1. The van der Waals surface area contributed by atoms with Crippen LogP contribution in [0.3, 0.4) is 0 Å². The summed E-state index contributed by atoms with van der Waals surface area (Å²) in [6, 6.07) is 8.46. The molecule has 0 heterocycles. The molecule has 2 rings (SSSR count). The molecule has 0 bridgehead atoms. The van der Waals surface area contributed by atoms with Gasteiger partial charge in [-0.2, -0.15) is 0 Å². The van der Waals surface area contributed by atoms with Gasteiger partial charge in [0.2, 0.25) is 0 Å². The van der Waals surface area contributed by atoms with Crippen molar-refractivity contribution in [1.29, 1.82) is 0 Å². The minimum atomic E-state index is -0.394. The molecule has 2 heteroatoms. The lowest BCUT2D eigenvalue weighted by atomic mass is 9.95. The molecule has 1 aromatic carbocycles. The summed E-state index contributed by atoms with van der Waals surface area (Å²) < 4.78 is 0. The Balaban J connectivity index is 1.99. The van der Waals surface area contributed by atoms with Crippen LogP contribution in [0.25, 0.3) is 0 Å². The highest BCUT2D eigenvalue weighted by Gasteiger charge is 2.39. The van der Waals surface area contributed by atoms with Crippen LogP contribution in [0.4, 0.5) is 0 Å². The Morgan fingerprint density at radius 3 is 2.12 bits per heavy atom. The van der Waals surface area contributed by atoms with Gasteiger partial charge in [0, 0.05) is 12.0 Å². The highest BCUT2D eigenvalue weighted by molar-refractivity contribution is 5.26. The molecule has 0 unspecified atom stereocenters. The van der Waals surface area contributed by atoms with Crippen LogP contribution in [0, 0.1) is 0 Å².